The number of amides is 2. The quantitative estimate of drug-likeness (QED) is 0.582. The first-order chi connectivity index (χ1) is 14.3. The lowest BCUT2D eigenvalue weighted by atomic mass is 10.0. The van der Waals surface area contributed by atoms with E-state index >= 15 is 0 Å². The van der Waals surface area contributed by atoms with Gasteiger partial charge in [-0.1, -0.05) is 25.4 Å². The largest absolute Gasteiger partial charge is 0.491 e. The molecule has 5 nitrogen and oxygen atoms in total. The average molecular weight is 449 g/mol. The van der Waals surface area contributed by atoms with Crippen LogP contribution in [0.5, 0.6) is 5.75 Å². The van der Waals surface area contributed by atoms with Gasteiger partial charge in [0.05, 0.1) is 12.6 Å². The van der Waals surface area contributed by atoms with Crippen molar-refractivity contribution in [3.63, 3.8) is 0 Å². The fraction of sp³-hybridized carbons (Fsp3) is 0.478. The van der Waals surface area contributed by atoms with Crippen molar-refractivity contribution in [2.24, 2.45) is 5.92 Å². The highest BCUT2D eigenvalue weighted by molar-refractivity contribution is 7.10. The van der Waals surface area contributed by atoms with Crippen molar-refractivity contribution >= 4 is 34.8 Å². The van der Waals surface area contributed by atoms with E-state index in [1.54, 1.807) is 28.4 Å². The van der Waals surface area contributed by atoms with Crippen molar-refractivity contribution in [3.8, 4) is 5.75 Å². The zero-order valence-electron chi connectivity index (χ0n) is 17.8. The van der Waals surface area contributed by atoms with Crippen LogP contribution >= 0.6 is 22.9 Å². The Bertz CT molecular complexity index is 866. The predicted octanol–water partition coefficient (Wildman–Crippen LogP) is 4.80. The van der Waals surface area contributed by atoms with Gasteiger partial charge in [0, 0.05) is 29.9 Å². The third-order valence-corrected chi connectivity index (χ3v) is 6.63. The Morgan fingerprint density at radius 2 is 2.00 bits per heavy atom. The summed E-state index contributed by atoms with van der Waals surface area (Å²) in [6.45, 7) is 7.48. The average Bonchev–Trinajstić information content (AvgIpc) is 3.19. The Morgan fingerprint density at radius 3 is 2.67 bits per heavy atom. The van der Waals surface area contributed by atoms with Crippen LogP contribution in [0.1, 0.15) is 43.7 Å². The molecule has 1 atom stereocenters. The SMILES string of the molecule is CC(=O)N(CCC(C)C)CC(=O)N1CCc2sccc2[C@H]1COc1ccc(Cl)cc1. The molecule has 2 aromatic rings. The highest BCUT2D eigenvalue weighted by Gasteiger charge is 2.33. The van der Waals surface area contributed by atoms with Crippen LogP contribution in [0, 0.1) is 5.92 Å². The molecule has 0 bridgehead atoms. The standard InChI is InChI=1S/C23H29ClN2O3S/c1-16(2)8-11-25(17(3)27)14-23(28)26-12-9-22-20(10-13-30-22)21(26)15-29-19-6-4-18(24)5-7-19/h4-7,10,13,16,21H,8-9,11-12,14-15H2,1-3H3/t21-/m1/s1. The van der Waals surface area contributed by atoms with Crippen LogP contribution in [-0.2, 0) is 16.0 Å². The second kappa shape index (κ2) is 10.3. The van der Waals surface area contributed by atoms with Crippen molar-refractivity contribution in [2.75, 3.05) is 26.2 Å². The molecule has 2 amide bonds. The summed E-state index contributed by atoms with van der Waals surface area (Å²) < 4.78 is 6.01. The summed E-state index contributed by atoms with van der Waals surface area (Å²) in [5.41, 5.74) is 1.14. The lowest BCUT2D eigenvalue weighted by molar-refractivity contribution is -0.142. The van der Waals surface area contributed by atoms with Crippen molar-refractivity contribution in [1.29, 1.82) is 0 Å². The Morgan fingerprint density at radius 1 is 1.27 bits per heavy atom. The number of carbonyl (C=O) groups is 2. The van der Waals surface area contributed by atoms with Gasteiger partial charge in [0.15, 0.2) is 0 Å². The number of halogens is 1. The van der Waals surface area contributed by atoms with Gasteiger partial charge in [-0.15, -0.1) is 11.3 Å². The summed E-state index contributed by atoms with van der Waals surface area (Å²) in [7, 11) is 0. The van der Waals surface area contributed by atoms with E-state index in [2.05, 4.69) is 25.3 Å². The van der Waals surface area contributed by atoms with Gasteiger partial charge < -0.3 is 14.5 Å². The number of nitrogens with zero attached hydrogens (tertiary/aromatic N) is 2. The molecule has 0 spiro atoms. The van der Waals surface area contributed by atoms with E-state index in [1.165, 1.54) is 11.8 Å². The maximum Gasteiger partial charge on any atom is 0.242 e. The monoisotopic (exact) mass is 448 g/mol. The lowest BCUT2D eigenvalue weighted by Gasteiger charge is -2.37. The number of rotatable bonds is 8. The van der Waals surface area contributed by atoms with Crippen molar-refractivity contribution in [1.82, 2.24) is 9.80 Å². The fourth-order valence-electron chi connectivity index (χ4n) is 3.60. The van der Waals surface area contributed by atoms with E-state index in [4.69, 9.17) is 16.3 Å². The molecule has 0 unspecified atom stereocenters. The molecule has 0 saturated carbocycles. The minimum absolute atomic E-state index is 0.0319. The van der Waals surface area contributed by atoms with Crippen LogP contribution in [-0.4, -0.2) is 47.9 Å². The summed E-state index contributed by atoms with van der Waals surface area (Å²) in [6, 6.07) is 9.15. The molecule has 0 N–H and O–H groups in total. The highest BCUT2D eigenvalue weighted by atomic mass is 35.5. The third kappa shape index (κ3) is 5.76. The van der Waals surface area contributed by atoms with Crippen LogP contribution < -0.4 is 4.74 Å². The van der Waals surface area contributed by atoms with Gasteiger partial charge in [-0.05, 0) is 60.0 Å². The minimum Gasteiger partial charge on any atom is -0.491 e. The number of fused-ring (bicyclic) bond motifs is 1. The van der Waals surface area contributed by atoms with Crippen molar-refractivity contribution in [2.45, 2.75) is 39.7 Å². The van der Waals surface area contributed by atoms with E-state index in [0.29, 0.717) is 30.6 Å². The summed E-state index contributed by atoms with van der Waals surface area (Å²) in [5, 5.41) is 2.72. The molecule has 1 aromatic heterocycles. The maximum absolute atomic E-state index is 13.2. The Labute approximate surface area is 187 Å². The van der Waals surface area contributed by atoms with Gasteiger partial charge in [-0.2, -0.15) is 0 Å². The van der Waals surface area contributed by atoms with E-state index in [1.807, 2.05) is 17.0 Å². The van der Waals surface area contributed by atoms with E-state index in [0.717, 1.165) is 24.2 Å². The zero-order valence-corrected chi connectivity index (χ0v) is 19.3. The summed E-state index contributed by atoms with van der Waals surface area (Å²) in [5.74, 6) is 1.10. The molecule has 2 heterocycles. The summed E-state index contributed by atoms with van der Waals surface area (Å²) in [6.07, 6.45) is 1.72. The number of thiophene rings is 1. The molecule has 1 aliphatic rings. The topological polar surface area (TPSA) is 49.9 Å². The molecule has 1 aliphatic heterocycles. The molecule has 1 aromatic carbocycles. The van der Waals surface area contributed by atoms with Crippen molar-refractivity contribution < 1.29 is 14.3 Å². The Hall–Kier alpha value is -2.05. The van der Waals surface area contributed by atoms with Gasteiger partial charge in [-0.3, -0.25) is 9.59 Å². The number of hydrogen-bond acceptors (Lipinski definition) is 4. The number of ether oxygens (including phenoxy) is 1. The molecule has 0 aliphatic carbocycles. The van der Waals surface area contributed by atoms with E-state index < -0.39 is 0 Å². The summed E-state index contributed by atoms with van der Waals surface area (Å²) >= 11 is 7.68. The first kappa shape index (κ1) is 22.6. The number of benzene rings is 1. The van der Waals surface area contributed by atoms with Crippen molar-refractivity contribution in [3.05, 3.63) is 51.2 Å². The van der Waals surface area contributed by atoms with Crippen LogP contribution in [0.3, 0.4) is 0 Å². The second-order valence-corrected chi connectivity index (χ2v) is 9.48. The van der Waals surface area contributed by atoms with E-state index in [-0.39, 0.29) is 24.4 Å². The molecule has 30 heavy (non-hydrogen) atoms. The predicted molar refractivity (Wildman–Crippen MR) is 121 cm³/mol. The van der Waals surface area contributed by atoms with Gasteiger partial charge in [0.2, 0.25) is 11.8 Å². The molecule has 7 heteroatoms. The fourth-order valence-corrected chi connectivity index (χ4v) is 4.65. The molecule has 3 rings (SSSR count). The molecule has 0 radical (unpaired) electrons. The smallest absolute Gasteiger partial charge is 0.242 e. The zero-order chi connectivity index (χ0) is 21.7. The van der Waals surface area contributed by atoms with Crippen LogP contribution in [0.15, 0.2) is 35.7 Å². The third-order valence-electron chi connectivity index (χ3n) is 5.38. The van der Waals surface area contributed by atoms with Crippen LogP contribution in [0.2, 0.25) is 5.02 Å². The first-order valence-electron chi connectivity index (χ1n) is 10.3. The number of carbonyl (C=O) groups excluding carboxylic acids is 2. The minimum atomic E-state index is -0.165. The molecular weight excluding hydrogens is 420 g/mol. The van der Waals surface area contributed by atoms with Crippen LogP contribution in [0.25, 0.3) is 0 Å². The maximum atomic E-state index is 13.2. The lowest BCUT2D eigenvalue weighted by Crippen LogP contribution is -2.47. The highest BCUT2D eigenvalue weighted by Crippen LogP contribution is 2.34. The Kier molecular flexibility index (Phi) is 7.78. The van der Waals surface area contributed by atoms with Gasteiger partial charge in [-0.25, -0.2) is 0 Å². The summed E-state index contributed by atoms with van der Waals surface area (Å²) in [4.78, 5) is 30.1. The molecule has 0 saturated heterocycles. The normalized spacial score (nSPS) is 15.8. The Balaban J connectivity index is 1.73. The molecule has 162 valence electrons. The van der Waals surface area contributed by atoms with E-state index in [9.17, 15) is 9.59 Å². The second-order valence-electron chi connectivity index (χ2n) is 8.04. The molecule has 0 fully saturated rings. The van der Waals surface area contributed by atoms with Gasteiger partial charge >= 0.3 is 0 Å². The number of hydrogen-bond donors (Lipinski definition) is 0. The first-order valence-corrected chi connectivity index (χ1v) is 11.6. The van der Waals surface area contributed by atoms with Gasteiger partial charge in [0.25, 0.3) is 0 Å². The van der Waals surface area contributed by atoms with Crippen LogP contribution in [0.4, 0.5) is 0 Å². The van der Waals surface area contributed by atoms with Gasteiger partial charge in [0.1, 0.15) is 12.4 Å². The molecular formula is C23H29ClN2O3S.